The number of ketones is 1. The molecule has 27 heavy (non-hydrogen) atoms. The lowest BCUT2D eigenvalue weighted by molar-refractivity contribution is -0.139. The molecule has 0 spiro atoms. The van der Waals surface area contributed by atoms with Gasteiger partial charge in [-0.3, -0.25) is 14.4 Å². The van der Waals surface area contributed by atoms with E-state index < -0.39 is 30.1 Å². The first-order chi connectivity index (χ1) is 12.7. The lowest BCUT2D eigenvalue weighted by Crippen LogP contribution is -2.35. The standard InChI is InChI=1S/C20H24FNO5/c1-12(2)17-11-19(25)22(14-5-3-13(21)4-6-14)18(17)8-7-15(23)9-16(24)10-20(26)27/h3-8,12,16-18,24H,9-11H2,1-2H3,(H,26,27)/b8-7+/t16-,17?,18?/m1/s1. The molecule has 1 aromatic carbocycles. The van der Waals surface area contributed by atoms with Gasteiger partial charge in [0.25, 0.3) is 0 Å². The summed E-state index contributed by atoms with van der Waals surface area (Å²) in [6.07, 6.45) is 1.18. The van der Waals surface area contributed by atoms with Gasteiger partial charge in [-0.25, -0.2) is 4.39 Å². The maximum atomic E-state index is 13.2. The van der Waals surface area contributed by atoms with Gasteiger partial charge in [0.1, 0.15) is 5.82 Å². The van der Waals surface area contributed by atoms with Crippen LogP contribution in [0.1, 0.15) is 33.1 Å². The maximum absolute atomic E-state index is 13.2. The van der Waals surface area contributed by atoms with Crippen molar-refractivity contribution < 1.29 is 29.0 Å². The molecule has 1 saturated heterocycles. The summed E-state index contributed by atoms with van der Waals surface area (Å²) in [6, 6.07) is 5.23. The Hall–Kier alpha value is -2.54. The van der Waals surface area contributed by atoms with E-state index in [2.05, 4.69) is 0 Å². The fraction of sp³-hybridized carbons (Fsp3) is 0.450. The van der Waals surface area contributed by atoms with Crippen LogP contribution in [0.5, 0.6) is 0 Å². The van der Waals surface area contributed by atoms with Crippen LogP contribution in [0.4, 0.5) is 10.1 Å². The van der Waals surface area contributed by atoms with Crippen LogP contribution < -0.4 is 4.90 Å². The van der Waals surface area contributed by atoms with Crippen LogP contribution in [0.15, 0.2) is 36.4 Å². The van der Waals surface area contributed by atoms with Crippen molar-refractivity contribution in [2.24, 2.45) is 11.8 Å². The second-order valence-electron chi connectivity index (χ2n) is 7.12. The number of hydrogen-bond acceptors (Lipinski definition) is 4. The molecule has 3 atom stereocenters. The van der Waals surface area contributed by atoms with Crippen LogP contribution in [0.2, 0.25) is 0 Å². The monoisotopic (exact) mass is 377 g/mol. The number of rotatable bonds is 8. The van der Waals surface area contributed by atoms with Gasteiger partial charge in [0.15, 0.2) is 5.78 Å². The third-order valence-corrected chi connectivity index (χ3v) is 4.70. The van der Waals surface area contributed by atoms with Gasteiger partial charge in [-0.05, 0) is 42.2 Å². The molecule has 146 valence electrons. The molecule has 2 unspecified atom stereocenters. The van der Waals surface area contributed by atoms with Crippen LogP contribution in [-0.2, 0) is 14.4 Å². The number of hydrogen-bond donors (Lipinski definition) is 2. The SMILES string of the molecule is CC(C)C1CC(=O)N(c2ccc(F)cc2)C1/C=C/C(=O)C[C@@H](O)CC(=O)O. The molecule has 1 aromatic rings. The summed E-state index contributed by atoms with van der Waals surface area (Å²) in [6.45, 7) is 3.98. The molecule has 2 rings (SSSR count). The highest BCUT2D eigenvalue weighted by atomic mass is 19.1. The Balaban J connectivity index is 2.19. The van der Waals surface area contributed by atoms with E-state index in [9.17, 15) is 23.9 Å². The average Bonchev–Trinajstić information content (AvgIpc) is 2.89. The first-order valence-electron chi connectivity index (χ1n) is 8.87. The van der Waals surface area contributed by atoms with Crippen molar-refractivity contribution >= 4 is 23.3 Å². The zero-order chi connectivity index (χ0) is 20.1. The van der Waals surface area contributed by atoms with Gasteiger partial charge in [-0.2, -0.15) is 0 Å². The normalized spacial score (nSPS) is 21.2. The zero-order valence-electron chi connectivity index (χ0n) is 15.3. The number of aliphatic hydroxyl groups is 1. The van der Waals surface area contributed by atoms with Crippen molar-refractivity contribution in [3.63, 3.8) is 0 Å². The number of aliphatic hydroxyl groups excluding tert-OH is 1. The van der Waals surface area contributed by atoms with E-state index in [4.69, 9.17) is 5.11 Å². The van der Waals surface area contributed by atoms with Crippen molar-refractivity contribution in [2.45, 2.75) is 45.3 Å². The van der Waals surface area contributed by atoms with Crippen molar-refractivity contribution in [1.29, 1.82) is 0 Å². The van der Waals surface area contributed by atoms with E-state index in [1.54, 1.807) is 11.0 Å². The Bertz CT molecular complexity index is 728. The Labute approximate surface area is 157 Å². The van der Waals surface area contributed by atoms with Crippen LogP contribution in [-0.4, -0.2) is 40.0 Å². The molecule has 0 aromatic heterocycles. The van der Waals surface area contributed by atoms with Crippen LogP contribution in [0.25, 0.3) is 0 Å². The number of benzene rings is 1. The third-order valence-electron chi connectivity index (χ3n) is 4.70. The Morgan fingerprint density at radius 3 is 2.44 bits per heavy atom. The molecule has 1 aliphatic rings. The fourth-order valence-electron chi connectivity index (χ4n) is 3.34. The van der Waals surface area contributed by atoms with Gasteiger partial charge in [-0.15, -0.1) is 0 Å². The molecule has 6 nitrogen and oxygen atoms in total. The van der Waals surface area contributed by atoms with E-state index in [1.165, 1.54) is 30.3 Å². The molecule has 1 heterocycles. The summed E-state index contributed by atoms with van der Waals surface area (Å²) in [7, 11) is 0. The summed E-state index contributed by atoms with van der Waals surface area (Å²) in [5.74, 6) is -1.93. The first-order valence-corrected chi connectivity index (χ1v) is 8.87. The van der Waals surface area contributed by atoms with E-state index in [-0.39, 0.29) is 30.2 Å². The highest BCUT2D eigenvalue weighted by molar-refractivity contribution is 5.98. The van der Waals surface area contributed by atoms with E-state index in [1.807, 2.05) is 13.8 Å². The second kappa shape index (κ2) is 8.90. The lowest BCUT2D eigenvalue weighted by Gasteiger charge is -2.27. The number of aliphatic carboxylic acids is 1. The van der Waals surface area contributed by atoms with Gasteiger partial charge in [0, 0.05) is 18.5 Å². The predicted octanol–water partition coefficient (Wildman–Crippen LogP) is 2.55. The third kappa shape index (κ3) is 5.47. The minimum Gasteiger partial charge on any atom is -0.481 e. The summed E-state index contributed by atoms with van der Waals surface area (Å²) in [5, 5.41) is 18.2. The second-order valence-corrected chi connectivity index (χ2v) is 7.12. The lowest BCUT2D eigenvalue weighted by atomic mass is 9.88. The van der Waals surface area contributed by atoms with Crippen molar-refractivity contribution in [2.75, 3.05) is 4.90 Å². The molecule has 0 radical (unpaired) electrons. The van der Waals surface area contributed by atoms with Crippen LogP contribution in [0.3, 0.4) is 0 Å². The number of anilines is 1. The zero-order valence-corrected chi connectivity index (χ0v) is 15.3. The van der Waals surface area contributed by atoms with Gasteiger partial charge in [0.2, 0.25) is 5.91 Å². The molecule has 1 aliphatic heterocycles. The van der Waals surface area contributed by atoms with E-state index >= 15 is 0 Å². The van der Waals surface area contributed by atoms with Crippen LogP contribution in [0, 0.1) is 17.7 Å². The number of nitrogens with zero attached hydrogens (tertiary/aromatic N) is 1. The maximum Gasteiger partial charge on any atom is 0.305 e. The van der Waals surface area contributed by atoms with E-state index in [0.717, 1.165) is 0 Å². The summed E-state index contributed by atoms with van der Waals surface area (Å²) >= 11 is 0. The fourth-order valence-corrected chi connectivity index (χ4v) is 3.34. The topological polar surface area (TPSA) is 94.9 Å². The van der Waals surface area contributed by atoms with Gasteiger partial charge in [0.05, 0.1) is 18.6 Å². The predicted molar refractivity (Wildman–Crippen MR) is 97.6 cm³/mol. The summed E-state index contributed by atoms with van der Waals surface area (Å²) < 4.78 is 13.2. The molecular weight excluding hydrogens is 353 g/mol. The van der Waals surface area contributed by atoms with Gasteiger partial charge >= 0.3 is 5.97 Å². The number of halogens is 1. The number of allylic oxidation sites excluding steroid dienone is 1. The molecule has 0 saturated carbocycles. The molecule has 0 aliphatic carbocycles. The van der Waals surface area contributed by atoms with Crippen molar-refractivity contribution in [3.8, 4) is 0 Å². The van der Waals surface area contributed by atoms with Gasteiger partial charge in [-0.1, -0.05) is 19.9 Å². The highest BCUT2D eigenvalue weighted by Crippen LogP contribution is 2.36. The minimum atomic E-state index is -1.25. The van der Waals surface area contributed by atoms with Crippen molar-refractivity contribution in [1.82, 2.24) is 0 Å². The van der Waals surface area contributed by atoms with Gasteiger partial charge < -0.3 is 15.1 Å². The molecule has 1 amide bonds. The van der Waals surface area contributed by atoms with E-state index in [0.29, 0.717) is 12.1 Å². The largest absolute Gasteiger partial charge is 0.481 e. The molecule has 1 fully saturated rings. The molecular formula is C20H24FNO5. The quantitative estimate of drug-likeness (QED) is 0.679. The Morgan fingerprint density at radius 2 is 1.89 bits per heavy atom. The smallest absolute Gasteiger partial charge is 0.305 e. The molecule has 2 N–H and O–H groups in total. The number of amides is 1. The van der Waals surface area contributed by atoms with Crippen LogP contribution >= 0.6 is 0 Å². The minimum absolute atomic E-state index is 0.0180. The number of carboxylic acids is 1. The summed E-state index contributed by atoms with van der Waals surface area (Å²) in [5.41, 5.74) is 0.553. The highest BCUT2D eigenvalue weighted by Gasteiger charge is 2.40. The number of carbonyl (C=O) groups is 3. The molecule has 0 bridgehead atoms. The first kappa shape index (κ1) is 20.8. The van der Waals surface area contributed by atoms with Crippen molar-refractivity contribution in [3.05, 3.63) is 42.2 Å². The molecule has 7 heteroatoms. The summed E-state index contributed by atoms with van der Waals surface area (Å²) in [4.78, 5) is 36.7. The number of carboxylic acid groups (broad SMARTS) is 1. The Kier molecular flexibility index (Phi) is 6.85. The average molecular weight is 377 g/mol. The Morgan fingerprint density at radius 1 is 1.26 bits per heavy atom. The number of carbonyl (C=O) groups excluding carboxylic acids is 2.